The van der Waals surface area contributed by atoms with Crippen molar-refractivity contribution in [3.05, 3.63) is 29.3 Å². The lowest BCUT2D eigenvalue weighted by molar-refractivity contribution is -0.0298. The van der Waals surface area contributed by atoms with Crippen LogP contribution in [0.15, 0.2) is 18.2 Å². The summed E-state index contributed by atoms with van der Waals surface area (Å²) in [7, 11) is 0. The number of hydrogen-bond donors (Lipinski definition) is 1. The number of hydrogen-bond acceptors (Lipinski definition) is 2. The van der Waals surface area contributed by atoms with Crippen molar-refractivity contribution in [3.63, 3.8) is 0 Å². The lowest BCUT2D eigenvalue weighted by Gasteiger charge is -2.40. The highest BCUT2D eigenvalue weighted by Gasteiger charge is 2.36. The van der Waals surface area contributed by atoms with Crippen LogP contribution in [0.1, 0.15) is 51.2 Å². The molecule has 1 aromatic rings. The average Bonchev–Trinajstić information content (AvgIpc) is 2.29. The smallest absolute Gasteiger partial charge is 0.125 e. The molecule has 3 unspecified atom stereocenters. The highest BCUT2D eigenvalue weighted by atomic mass is 16.5. The molecule has 1 fully saturated rings. The highest BCUT2D eigenvalue weighted by Crippen LogP contribution is 2.39. The maximum absolute atomic E-state index is 10.2. The van der Waals surface area contributed by atoms with Gasteiger partial charge in [-0.3, -0.25) is 0 Å². The van der Waals surface area contributed by atoms with Crippen LogP contribution < -0.4 is 4.74 Å². The van der Waals surface area contributed by atoms with E-state index in [0.29, 0.717) is 5.92 Å². The minimum atomic E-state index is -0.339. The number of aliphatic hydroxyl groups excluding tert-OH is 1. The second-order valence-electron chi connectivity index (χ2n) is 7.42. The molecule has 112 valence electrons. The van der Waals surface area contributed by atoms with Crippen LogP contribution in [0.25, 0.3) is 0 Å². The SMILES string of the molecule is Cc1cc(C)cc(OC2CC(C(C)(C)C)CCC2O)c1. The fraction of sp³-hybridized carbons (Fsp3) is 0.667. The Morgan fingerprint density at radius 1 is 1.05 bits per heavy atom. The van der Waals surface area contributed by atoms with Crippen LogP contribution in [0.2, 0.25) is 0 Å². The lowest BCUT2D eigenvalue weighted by Crippen LogP contribution is -2.41. The summed E-state index contributed by atoms with van der Waals surface area (Å²) in [6, 6.07) is 6.25. The molecule has 0 spiro atoms. The van der Waals surface area contributed by atoms with Crippen molar-refractivity contribution in [2.24, 2.45) is 11.3 Å². The van der Waals surface area contributed by atoms with E-state index in [2.05, 4.69) is 52.8 Å². The van der Waals surface area contributed by atoms with Crippen LogP contribution in [0.3, 0.4) is 0 Å². The molecule has 1 aliphatic rings. The second kappa shape index (κ2) is 5.77. The molecule has 0 amide bonds. The molecule has 0 bridgehead atoms. The molecule has 1 N–H and O–H groups in total. The van der Waals surface area contributed by atoms with Gasteiger partial charge in [-0.05, 0) is 67.7 Å². The van der Waals surface area contributed by atoms with Crippen LogP contribution in [0.4, 0.5) is 0 Å². The Morgan fingerprint density at radius 2 is 1.65 bits per heavy atom. The second-order valence-corrected chi connectivity index (χ2v) is 7.42. The molecule has 1 saturated carbocycles. The summed E-state index contributed by atoms with van der Waals surface area (Å²) in [5, 5.41) is 10.2. The van der Waals surface area contributed by atoms with E-state index in [9.17, 15) is 5.11 Å². The molecule has 2 heteroatoms. The van der Waals surface area contributed by atoms with Gasteiger partial charge in [-0.15, -0.1) is 0 Å². The quantitative estimate of drug-likeness (QED) is 0.874. The predicted molar refractivity (Wildman–Crippen MR) is 83.1 cm³/mol. The number of aryl methyl sites for hydroxylation is 2. The monoisotopic (exact) mass is 276 g/mol. The zero-order valence-electron chi connectivity index (χ0n) is 13.4. The topological polar surface area (TPSA) is 29.5 Å². The van der Waals surface area contributed by atoms with Gasteiger partial charge in [0.2, 0.25) is 0 Å². The fourth-order valence-corrected chi connectivity index (χ4v) is 3.20. The molecule has 1 aliphatic carbocycles. The van der Waals surface area contributed by atoms with Gasteiger partial charge in [-0.2, -0.15) is 0 Å². The van der Waals surface area contributed by atoms with Crippen molar-refractivity contribution in [3.8, 4) is 5.75 Å². The maximum atomic E-state index is 10.2. The van der Waals surface area contributed by atoms with Gasteiger partial charge in [-0.25, -0.2) is 0 Å². The van der Waals surface area contributed by atoms with Crippen molar-refractivity contribution in [2.75, 3.05) is 0 Å². The molecule has 2 nitrogen and oxygen atoms in total. The predicted octanol–water partition coefficient (Wildman–Crippen LogP) is 4.26. The third-order valence-corrected chi connectivity index (χ3v) is 4.46. The first kappa shape index (κ1) is 15.4. The molecular weight excluding hydrogens is 248 g/mol. The third-order valence-electron chi connectivity index (χ3n) is 4.46. The molecule has 0 saturated heterocycles. The van der Waals surface area contributed by atoms with Crippen LogP contribution >= 0.6 is 0 Å². The number of ether oxygens (including phenoxy) is 1. The lowest BCUT2D eigenvalue weighted by atomic mass is 9.71. The Labute approximate surface area is 123 Å². The van der Waals surface area contributed by atoms with E-state index in [4.69, 9.17) is 4.74 Å². The standard InChI is InChI=1S/C18H28O2/c1-12-8-13(2)10-15(9-12)20-17-11-14(18(3,4)5)6-7-16(17)19/h8-10,14,16-17,19H,6-7,11H2,1-5H3. The zero-order valence-corrected chi connectivity index (χ0v) is 13.4. The van der Waals surface area contributed by atoms with Crippen LogP contribution in [-0.2, 0) is 0 Å². The van der Waals surface area contributed by atoms with Gasteiger partial charge in [0.05, 0.1) is 6.10 Å². The van der Waals surface area contributed by atoms with Gasteiger partial charge in [0.25, 0.3) is 0 Å². The minimum absolute atomic E-state index is 0.0748. The number of rotatable bonds is 2. The summed E-state index contributed by atoms with van der Waals surface area (Å²) in [5.74, 6) is 1.50. The number of aliphatic hydroxyl groups is 1. The Hall–Kier alpha value is -1.02. The van der Waals surface area contributed by atoms with E-state index in [0.717, 1.165) is 25.0 Å². The fourth-order valence-electron chi connectivity index (χ4n) is 3.20. The van der Waals surface area contributed by atoms with Gasteiger partial charge in [0.1, 0.15) is 11.9 Å². The molecule has 0 aromatic heterocycles. The molecule has 20 heavy (non-hydrogen) atoms. The van der Waals surface area contributed by atoms with E-state index in [-0.39, 0.29) is 17.6 Å². The van der Waals surface area contributed by atoms with Crippen LogP contribution in [0, 0.1) is 25.2 Å². The normalized spacial score (nSPS) is 27.4. The van der Waals surface area contributed by atoms with E-state index in [1.807, 2.05) is 0 Å². The first-order chi connectivity index (χ1) is 9.25. The first-order valence-electron chi connectivity index (χ1n) is 7.69. The Balaban J connectivity index is 2.10. The summed E-state index contributed by atoms with van der Waals surface area (Å²) in [6.07, 6.45) is 2.47. The first-order valence-corrected chi connectivity index (χ1v) is 7.69. The Kier molecular flexibility index (Phi) is 4.43. The molecule has 3 atom stereocenters. The largest absolute Gasteiger partial charge is 0.488 e. The summed E-state index contributed by atoms with van der Waals surface area (Å²) in [5.41, 5.74) is 2.69. The van der Waals surface area contributed by atoms with Crippen LogP contribution in [-0.4, -0.2) is 17.3 Å². The molecule has 0 heterocycles. The van der Waals surface area contributed by atoms with Crippen molar-refractivity contribution in [1.82, 2.24) is 0 Å². The van der Waals surface area contributed by atoms with Gasteiger partial charge in [0.15, 0.2) is 0 Å². The van der Waals surface area contributed by atoms with E-state index in [1.54, 1.807) is 0 Å². The van der Waals surface area contributed by atoms with Gasteiger partial charge >= 0.3 is 0 Å². The van der Waals surface area contributed by atoms with Gasteiger partial charge in [0, 0.05) is 0 Å². The molecule has 2 rings (SSSR count). The van der Waals surface area contributed by atoms with Crippen molar-refractivity contribution in [2.45, 2.75) is 66.1 Å². The zero-order chi connectivity index (χ0) is 14.9. The summed E-state index contributed by atoms with van der Waals surface area (Å²) in [6.45, 7) is 11.0. The molecular formula is C18H28O2. The summed E-state index contributed by atoms with van der Waals surface area (Å²) < 4.78 is 6.10. The Bertz CT molecular complexity index is 439. The maximum Gasteiger partial charge on any atom is 0.125 e. The molecule has 0 radical (unpaired) electrons. The van der Waals surface area contributed by atoms with Gasteiger partial charge < -0.3 is 9.84 Å². The summed E-state index contributed by atoms with van der Waals surface area (Å²) >= 11 is 0. The number of benzene rings is 1. The van der Waals surface area contributed by atoms with E-state index < -0.39 is 0 Å². The molecule has 0 aliphatic heterocycles. The third kappa shape index (κ3) is 3.76. The van der Waals surface area contributed by atoms with E-state index >= 15 is 0 Å². The minimum Gasteiger partial charge on any atom is -0.488 e. The van der Waals surface area contributed by atoms with Crippen molar-refractivity contribution in [1.29, 1.82) is 0 Å². The Morgan fingerprint density at radius 3 is 2.20 bits per heavy atom. The summed E-state index contributed by atoms with van der Waals surface area (Å²) in [4.78, 5) is 0. The average molecular weight is 276 g/mol. The highest BCUT2D eigenvalue weighted by molar-refractivity contribution is 5.33. The van der Waals surface area contributed by atoms with Gasteiger partial charge in [-0.1, -0.05) is 26.8 Å². The van der Waals surface area contributed by atoms with Crippen molar-refractivity contribution >= 4 is 0 Å². The van der Waals surface area contributed by atoms with Crippen molar-refractivity contribution < 1.29 is 9.84 Å². The van der Waals surface area contributed by atoms with E-state index in [1.165, 1.54) is 11.1 Å². The molecule has 1 aromatic carbocycles. The van der Waals surface area contributed by atoms with Crippen LogP contribution in [0.5, 0.6) is 5.75 Å².